The number of nitrogens with zero attached hydrogens (tertiary/aromatic N) is 7. The van der Waals surface area contributed by atoms with Crippen molar-refractivity contribution in [1.82, 2.24) is 0 Å². The maximum absolute atomic E-state index is 2.47. The van der Waals surface area contributed by atoms with Crippen molar-refractivity contribution in [3.63, 3.8) is 0 Å². The van der Waals surface area contributed by atoms with E-state index in [1.165, 1.54) is 135 Å². The second-order valence-electron chi connectivity index (χ2n) is 26.0. The van der Waals surface area contributed by atoms with E-state index in [9.17, 15) is 0 Å². The fourth-order valence-electron chi connectivity index (χ4n) is 14.8. The lowest BCUT2D eigenvalue weighted by Gasteiger charge is -2.26. The van der Waals surface area contributed by atoms with Gasteiger partial charge in [-0.1, -0.05) is 164 Å². The van der Waals surface area contributed by atoms with Gasteiger partial charge in [-0.05, 0) is 256 Å². The first-order valence-electron chi connectivity index (χ1n) is 33.5. The maximum atomic E-state index is 2.47. The van der Waals surface area contributed by atoms with Gasteiger partial charge >= 0.3 is 0 Å². The number of anilines is 15. The summed E-state index contributed by atoms with van der Waals surface area (Å²) in [4.78, 5) is 17.2. The molecule has 0 bridgehead atoms. The van der Waals surface area contributed by atoms with Gasteiger partial charge < -0.3 is 34.3 Å². The highest BCUT2D eigenvalue weighted by Crippen LogP contribution is 2.49. The van der Waals surface area contributed by atoms with Gasteiger partial charge in [-0.2, -0.15) is 0 Å². The molecule has 3 aliphatic heterocycles. The van der Waals surface area contributed by atoms with Crippen LogP contribution in [0.25, 0.3) is 0 Å². The van der Waals surface area contributed by atoms with E-state index in [-0.39, 0.29) is 0 Å². The van der Waals surface area contributed by atoms with E-state index in [0.29, 0.717) is 0 Å². The third-order valence-corrected chi connectivity index (χ3v) is 19.8. The molecule has 0 spiro atoms. The summed E-state index contributed by atoms with van der Waals surface area (Å²) in [7, 11) is 0. The molecule has 0 saturated heterocycles. The van der Waals surface area contributed by atoms with Crippen molar-refractivity contribution < 1.29 is 0 Å². The van der Waals surface area contributed by atoms with Crippen LogP contribution in [0, 0.1) is 41.5 Å². The van der Waals surface area contributed by atoms with Crippen molar-refractivity contribution in [2.24, 2.45) is 0 Å². The number of para-hydroxylation sites is 9. The molecule has 7 heteroatoms. The topological polar surface area (TPSA) is 22.7 Å². The zero-order chi connectivity index (χ0) is 63.8. The Balaban J connectivity index is 0.632. The molecule has 7 nitrogen and oxygen atoms in total. The molecule has 464 valence electrons. The molecule has 12 aromatic carbocycles. The van der Waals surface area contributed by atoms with Crippen LogP contribution in [0.4, 0.5) is 85.3 Å². The lowest BCUT2D eigenvalue weighted by atomic mass is 10.0. The molecule has 0 saturated carbocycles. The van der Waals surface area contributed by atoms with E-state index in [0.717, 1.165) is 75.6 Å². The number of benzene rings is 12. The zero-order valence-electron chi connectivity index (χ0n) is 55.0. The fraction of sp³-hybridized carbons (Fsp3) is 0.172. The molecule has 94 heavy (non-hydrogen) atoms. The van der Waals surface area contributed by atoms with Gasteiger partial charge in [0.1, 0.15) is 20.0 Å². The summed E-state index contributed by atoms with van der Waals surface area (Å²) < 4.78 is 0. The number of rotatable bonds is 18. The van der Waals surface area contributed by atoms with Crippen LogP contribution in [-0.4, -0.2) is 20.0 Å². The quantitative estimate of drug-likeness (QED) is 0.0843. The van der Waals surface area contributed by atoms with E-state index in [4.69, 9.17) is 0 Å². The number of aryl methyl sites for hydroxylation is 12. The third kappa shape index (κ3) is 11.7. The highest BCUT2D eigenvalue weighted by atomic mass is 15.4. The largest absolute Gasteiger partial charge is 0.321 e. The van der Waals surface area contributed by atoms with E-state index >= 15 is 0 Å². The van der Waals surface area contributed by atoms with Crippen LogP contribution in [-0.2, 0) is 38.5 Å². The van der Waals surface area contributed by atoms with Crippen molar-refractivity contribution in [3.05, 3.63) is 340 Å². The van der Waals surface area contributed by atoms with Gasteiger partial charge in [0.2, 0.25) is 0 Å². The van der Waals surface area contributed by atoms with Crippen LogP contribution in [0.2, 0.25) is 0 Å². The highest BCUT2D eigenvalue weighted by Gasteiger charge is 2.32. The molecule has 12 aromatic rings. The zero-order valence-corrected chi connectivity index (χ0v) is 55.0. The molecular weight excluding hydrogens is 1140 g/mol. The second-order valence-corrected chi connectivity index (χ2v) is 26.0. The Hall–Kier alpha value is -10.8. The van der Waals surface area contributed by atoms with Crippen LogP contribution < -0.4 is 34.3 Å². The summed E-state index contributed by atoms with van der Waals surface area (Å²) in [5.41, 5.74) is 34.2. The van der Waals surface area contributed by atoms with Gasteiger partial charge in [0.05, 0.1) is 34.1 Å². The first-order valence-corrected chi connectivity index (χ1v) is 33.5. The standard InChI is InChI=1S/C87H81N7/c1-61-16-13-17-62(2)85(61)91-58-88(79-22-7-10-25-82(79)91)73-46-34-67(35-47-73)28-31-70-40-52-76(53-41-70)94(77-54-42-71(43-55-77)32-29-68-36-48-74(49-37-68)89-59-92(83-26-11-8-23-80(83)89)86-63(3)18-14-19-64(86)4)78-56-44-72(45-57-78)33-30-69-38-50-75(51-39-69)90-60-93(84-27-12-9-24-81(84)90)87-65(5)20-15-21-66(87)6/h7-27,34-57H,28-33,58-60H2,1-6H3. The van der Waals surface area contributed by atoms with Gasteiger partial charge in [0.15, 0.2) is 0 Å². The average Bonchev–Trinajstić information content (AvgIpc) is 1.85. The van der Waals surface area contributed by atoms with Crippen molar-refractivity contribution >= 4 is 85.3 Å². The minimum Gasteiger partial charge on any atom is -0.321 e. The molecule has 15 rings (SSSR count). The molecule has 0 aliphatic carbocycles. The molecule has 0 radical (unpaired) electrons. The Labute approximate surface area is 556 Å². The first kappa shape index (κ1) is 59.5. The van der Waals surface area contributed by atoms with Crippen molar-refractivity contribution in [2.75, 3.05) is 54.3 Å². The number of hydrogen-bond donors (Lipinski definition) is 0. The molecule has 0 amide bonds. The van der Waals surface area contributed by atoms with Crippen molar-refractivity contribution in [3.8, 4) is 0 Å². The summed E-state index contributed by atoms with van der Waals surface area (Å²) in [6.07, 6.45) is 5.76. The van der Waals surface area contributed by atoms with Crippen LogP contribution in [0.3, 0.4) is 0 Å². The Morgan fingerprint density at radius 1 is 0.213 bits per heavy atom. The number of hydrogen-bond acceptors (Lipinski definition) is 7. The van der Waals surface area contributed by atoms with Gasteiger partial charge in [-0.3, -0.25) is 0 Å². The smallest absolute Gasteiger partial charge is 0.100 e. The summed E-state index contributed by atoms with van der Waals surface area (Å²) >= 11 is 0. The molecule has 0 unspecified atom stereocenters. The second kappa shape index (κ2) is 25.7. The molecule has 0 N–H and O–H groups in total. The lowest BCUT2D eigenvalue weighted by molar-refractivity contribution is 0.952. The van der Waals surface area contributed by atoms with Crippen LogP contribution in [0.5, 0.6) is 0 Å². The average molecular weight is 1220 g/mol. The minimum atomic E-state index is 0.781. The predicted octanol–water partition coefficient (Wildman–Crippen LogP) is 22.1. The monoisotopic (exact) mass is 1220 g/mol. The first-order chi connectivity index (χ1) is 46.1. The third-order valence-electron chi connectivity index (χ3n) is 19.8. The lowest BCUT2D eigenvalue weighted by Crippen LogP contribution is -2.25. The SMILES string of the molecule is Cc1cccc(C)c1N1CN(c2ccc(CCc3ccc(N(c4ccc(CCc5ccc(N6CN(c7c(C)cccc7C)c7ccccc76)cc5)cc4)c4ccc(CCc5ccc(N6CN(c7c(C)cccc7C)c7ccccc76)cc5)cc4)cc3)cc2)c2ccccc21. The Morgan fingerprint density at radius 2 is 0.404 bits per heavy atom. The number of fused-ring (bicyclic) bond motifs is 3. The summed E-state index contributed by atoms with van der Waals surface area (Å²) in [5.74, 6) is 0. The highest BCUT2D eigenvalue weighted by molar-refractivity contribution is 5.91. The van der Waals surface area contributed by atoms with Gasteiger partial charge in [-0.25, -0.2) is 0 Å². The normalized spacial score (nSPS) is 13.2. The van der Waals surface area contributed by atoms with Gasteiger partial charge in [0, 0.05) is 51.2 Å². The molecule has 0 aromatic heterocycles. The van der Waals surface area contributed by atoms with Crippen LogP contribution >= 0.6 is 0 Å². The molecular formula is C87H81N7. The van der Waals surface area contributed by atoms with Gasteiger partial charge in [-0.15, -0.1) is 0 Å². The van der Waals surface area contributed by atoms with Crippen molar-refractivity contribution in [2.45, 2.75) is 80.1 Å². The van der Waals surface area contributed by atoms with E-state index in [1.807, 2.05) is 0 Å². The minimum absolute atomic E-state index is 0.781. The molecule has 0 fully saturated rings. The Morgan fingerprint density at radius 3 is 0.617 bits per heavy atom. The Kier molecular flexibility index (Phi) is 16.3. The van der Waals surface area contributed by atoms with E-state index in [1.54, 1.807) is 0 Å². The maximum Gasteiger partial charge on any atom is 0.100 e. The fourth-order valence-corrected chi connectivity index (χ4v) is 14.8. The van der Waals surface area contributed by atoms with Crippen molar-refractivity contribution in [1.29, 1.82) is 0 Å². The van der Waals surface area contributed by atoms with E-state index < -0.39 is 0 Å². The van der Waals surface area contributed by atoms with Gasteiger partial charge in [0.25, 0.3) is 0 Å². The summed E-state index contributed by atoms with van der Waals surface area (Å²) in [5, 5.41) is 0. The Bertz CT molecular complexity index is 4130. The summed E-state index contributed by atoms with van der Waals surface area (Å²) in [6, 6.07) is 102. The molecule has 3 heterocycles. The van der Waals surface area contributed by atoms with Crippen LogP contribution in [0.15, 0.2) is 273 Å². The molecule has 3 aliphatic rings. The molecule has 0 atom stereocenters. The van der Waals surface area contributed by atoms with Crippen LogP contribution in [0.1, 0.15) is 66.8 Å². The summed E-state index contributed by atoms with van der Waals surface area (Å²) in [6.45, 7) is 15.7. The van der Waals surface area contributed by atoms with E-state index in [2.05, 4.69) is 349 Å². The predicted molar refractivity (Wildman–Crippen MR) is 397 cm³/mol.